The first kappa shape index (κ1) is 29.7. The molecular formula is C29H45NO10. The molecule has 10 atom stereocenters. The molecule has 0 unspecified atom stereocenters. The van der Waals surface area contributed by atoms with Gasteiger partial charge >= 0.3 is 11.9 Å². The summed E-state index contributed by atoms with van der Waals surface area (Å²) in [6.07, 6.45) is 2.85. The molecule has 6 aliphatic rings. The average Bonchev–Trinajstić information content (AvgIpc) is 3.10. The molecule has 5 aliphatic heterocycles. The number of nitrogens with one attached hydrogen (secondary N) is 1. The van der Waals surface area contributed by atoms with E-state index in [1.54, 1.807) is 0 Å². The van der Waals surface area contributed by atoms with Crippen molar-refractivity contribution in [3.63, 3.8) is 0 Å². The minimum Gasteiger partial charge on any atom is -0.481 e. The van der Waals surface area contributed by atoms with Crippen molar-refractivity contribution in [3.8, 4) is 0 Å². The Balaban J connectivity index is 1.19. The molecule has 0 aromatic carbocycles. The van der Waals surface area contributed by atoms with Crippen LogP contribution in [0.25, 0.3) is 0 Å². The Labute approximate surface area is 235 Å². The number of carboxylic acids is 1. The van der Waals surface area contributed by atoms with E-state index in [0.29, 0.717) is 31.8 Å². The summed E-state index contributed by atoms with van der Waals surface area (Å²) in [7, 11) is 0. The second kappa shape index (κ2) is 11.1. The van der Waals surface area contributed by atoms with Crippen LogP contribution in [0.4, 0.5) is 0 Å². The summed E-state index contributed by atoms with van der Waals surface area (Å²) in [5.74, 6) is -2.34. The van der Waals surface area contributed by atoms with Crippen molar-refractivity contribution in [2.45, 2.75) is 128 Å². The molecule has 1 aliphatic carbocycles. The lowest BCUT2D eigenvalue weighted by Crippen LogP contribution is -2.70. The van der Waals surface area contributed by atoms with Gasteiger partial charge in [-0.2, -0.15) is 0 Å². The zero-order chi connectivity index (χ0) is 28.9. The fraction of sp³-hybridized carbons (Fsp3) is 0.897. The normalized spacial score (nSPS) is 42.7. The summed E-state index contributed by atoms with van der Waals surface area (Å²) >= 11 is 0. The third-order valence-electron chi connectivity index (χ3n) is 9.95. The molecular weight excluding hydrogens is 522 g/mol. The second-order valence-corrected chi connectivity index (χ2v) is 13.4. The molecule has 1 amide bonds. The third kappa shape index (κ3) is 5.77. The van der Waals surface area contributed by atoms with E-state index < -0.39 is 41.9 Å². The quantitative estimate of drug-likeness (QED) is 0.330. The summed E-state index contributed by atoms with van der Waals surface area (Å²) < 4.78 is 24.1. The first-order chi connectivity index (χ1) is 18.8. The van der Waals surface area contributed by atoms with Gasteiger partial charge in [0.05, 0.1) is 18.4 Å². The molecule has 5 saturated heterocycles. The predicted molar refractivity (Wildman–Crippen MR) is 139 cm³/mol. The van der Waals surface area contributed by atoms with E-state index in [1.807, 2.05) is 27.7 Å². The Morgan fingerprint density at radius 2 is 1.80 bits per heavy atom. The maximum Gasteiger partial charge on any atom is 0.308 e. The summed E-state index contributed by atoms with van der Waals surface area (Å²) in [6.45, 7) is 10.5. The maximum atomic E-state index is 12.9. The van der Waals surface area contributed by atoms with E-state index >= 15 is 0 Å². The number of hydrogen-bond donors (Lipinski definition) is 2. The summed E-state index contributed by atoms with van der Waals surface area (Å²) in [6, 6.07) is -0.532. The van der Waals surface area contributed by atoms with Crippen LogP contribution in [-0.2, 0) is 43.1 Å². The van der Waals surface area contributed by atoms with Crippen molar-refractivity contribution in [2.75, 3.05) is 6.61 Å². The van der Waals surface area contributed by atoms with Gasteiger partial charge < -0.3 is 29.4 Å². The summed E-state index contributed by atoms with van der Waals surface area (Å²) in [5, 5.41) is 12.3. The first-order valence-corrected chi connectivity index (χ1v) is 14.9. The van der Waals surface area contributed by atoms with Crippen molar-refractivity contribution in [1.29, 1.82) is 0 Å². The van der Waals surface area contributed by atoms with Gasteiger partial charge in [0, 0.05) is 37.3 Å². The number of hydrogen-bond acceptors (Lipinski definition) is 9. The molecule has 40 heavy (non-hydrogen) atoms. The Morgan fingerprint density at radius 1 is 1.02 bits per heavy atom. The number of fused-ring (bicyclic) bond motifs is 2. The summed E-state index contributed by atoms with van der Waals surface area (Å²) in [5.41, 5.74) is -1.12. The summed E-state index contributed by atoms with van der Waals surface area (Å²) in [4.78, 5) is 49.1. The number of amides is 1. The minimum absolute atomic E-state index is 0.0236. The molecule has 11 heteroatoms. The number of rotatable bonds is 8. The van der Waals surface area contributed by atoms with Crippen molar-refractivity contribution in [3.05, 3.63) is 0 Å². The van der Waals surface area contributed by atoms with E-state index in [-0.39, 0.29) is 54.4 Å². The van der Waals surface area contributed by atoms with E-state index in [1.165, 1.54) is 0 Å². The van der Waals surface area contributed by atoms with Crippen LogP contribution in [0.5, 0.6) is 0 Å². The zero-order valence-corrected chi connectivity index (χ0v) is 24.3. The minimum atomic E-state index is -0.979. The smallest absolute Gasteiger partial charge is 0.308 e. The van der Waals surface area contributed by atoms with E-state index in [4.69, 9.17) is 28.7 Å². The van der Waals surface area contributed by atoms with Gasteiger partial charge in [0.15, 0.2) is 11.9 Å². The molecule has 1 spiro atoms. The van der Waals surface area contributed by atoms with Crippen LogP contribution >= 0.6 is 0 Å². The molecule has 5 heterocycles. The number of esters is 1. The molecule has 1 saturated carbocycles. The maximum absolute atomic E-state index is 12.9. The van der Waals surface area contributed by atoms with Gasteiger partial charge in [0.2, 0.25) is 18.0 Å². The van der Waals surface area contributed by atoms with E-state index in [2.05, 4.69) is 12.2 Å². The van der Waals surface area contributed by atoms with Gasteiger partial charge in [-0.15, -0.1) is 0 Å². The van der Waals surface area contributed by atoms with Crippen molar-refractivity contribution >= 4 is 17.8 Å². The average molecular weight is 568 g/mol. The molecule has 226 valence electrons. The van der Waals surface area contributed by atoms with Crippen LogP contribution < -0.4 is 5.32 Å². The standard InChI is InChI=1S/C29H45NO10/c1-16-6-7-20-17(2)25(37-26-29(20)19(16)10-12-28(5,38-26)39-40-29)36-24(34)9-8-22(31)30-21(14-23(32)33)18-11-13-35-27(3,4)15-18/h16-21,25-26H,6-15H2,1-5H3,(H,30,31)(H,32,33)/t16-,17-,18-,19+,20+,21+,25-,26-,28+,29+/m1/s1. The molecule has 11 nitrogen and oxygen atoms in total. The zero-order valence-electron chi connectivity index (χ0n) is 24.3. The first-order valence-electron chi connectivity index (χ1n) is 14.9. The number of carbonyl (C=O) groups excluding carboxylic acids is 2. The SMILES string of the molecule is C[C@H]1[C@H](OC(=O)CCC(=O)N[C@@H](CC(=O)O)[C@@H]2CCOC(C)(C)C2)O[C@@H]2O[C@]3(C)CC[C@H]4[C@H](C)CC[C@@H]1[C@]24OO3. The lowest BCUT2D eigenvalue weighted by Gasteiger charge is -2.59. The largest absolute Gasteiger partial charge is 0.481 e. The molecule has 6 fully saturated rings. The van der Waals surface area contributed by atoms with Crippen LogP contribution in [0.2, 0.25) is 0 Å². The van der Waals surface area contributed by atoms with Crippen LogP contribution in [0.15, 0.2) is 0 Å². The van der Waals surface area contributed by atoms with Gasteiger partial charge in [-0.1, -0.05) is 13.8 Å². The Morgan fingerprint density at radius 3 is 2.52 bits per heavy atom. The van der Waals surface area contributed by atoms with E-state index in [9.17, 15) is 19.5 Å². The Kier molecular flexibility index (Phi) is 8.26. The molecule has 0 aromatic heterocycles. The lowest BCUT2D eigenvalue weighted by atomic mass is 9.58. The van der Waals surface area contributed by atoms with Crippen LogP contribution in [0.3, 0.4) is 0 Å². The number of carboxylic acid groups (broad SMARTS) is 1. The van der Waals surface area contributed by atoms with Gasteiger partial charge in [0.1, 0.15) is 0 Å². The van der Waals surface area contributed by atoms with Gasteiger partial charge in [-0.3, -0.25) is 14.4 Å². The highest BCUT2D eigenvalue weighted by atomic mass is 17.3. The second-order valence-electron chi connectivity index (χ2n) is 13.4. The third-order valence-corrected chi connectivity index (χ3v) is 9.95. The highest BCUT2D eigenvalue weighted by Gasteiger charge is 2.69. The van der Waals surface area contributed by atoms with Gasteiger partial charge in [0.25, 0.3) is 0 Å². The lowest BCUT2D eigenvalue weighted by molar-refractivity contribution is -0.576. The fourth-order valence-electron chi connectivity index (χ4n) is 7.84. The molecule has 0 radical (unpaired) electrons. The fourth-order valence-corrected chi connectivity index (χ4v) is 7.84. The molecule has 0 aromatic rings. The molecule has 6 rings (SSSR count). The highest BCUT2D eigenvalue weighted by Crippen LogP contribution is 2.60. The van der Waals surface area contributed by atoms with E-state index in [0.717, 1.165) is 19.3 Å². The topological polar surface area (TPSA) is 139 Å². The van der Waals surface area contributed by atoms with Crippen LogP contribution in [0, 0.1) is 29.6 Å². The highest BCUT2D eigenvalue weighted by molar-refractivity contribution is 5.82. The number of carbonyl (C=O) groups is 3. The predicted octanol–water partition coefficient (Wildman–Crippen LogP) is 3.68. The van der Waals surface area contributed by atoms with Crippen molar-refractivity contribution in [1.82, 2.24) is 5.32 Å². The number of ether oxygens (including phenoxy) is 4. The van der Waals surface area contributed by atoms with Crippen molar-refractivity contribution < 1.29 is 48.2 Å². The monoisotopic (exact) mass is 567 g/mol. The van der Waals surface area contributed by atoms with Gasteiger partial charge in [-0.25, -0.2) is 9.78 Å². The Hall–Kier alpha value is -1.79. The Bertz CT molecular complexity index is 988. The van der Waals surface area contributed by atoms with Gasteiger partial charge in [-0.05, 0) is 70.6 Å². The van der Waals surface area contributed by atoms with Crippen LogP contribution in [0.1, 0.15) is 92.4 Å². The van der Waals surface area contributed by atoms with Crippen LogP contribution in [-0.4, -0.2) is 65.2 Å². The van der Waals surface area contributed by atoms with Crippen molar-refractivity contribution in [2.24, 2.45) is 29.6 Å². The number of aliphatic carboxylic acids is 1. The molecule has 2 bridgehead atoms. The molecule has 2 N–H and O–H groups in total.